The minimum Gasteiger partial charge on any atom is -0.385 e. The van der Waals surface area contributed by atoms with Crippen molar-refractivity contribution in [1.29, 1.82) is 0 Å². The van der Waals surface area contributed by atoms with Crippen molar-refractivity contribution >= 4 is 0 Å². The third-order valence-electron chi connectivity index (χ3n) is 2.88. The second kappa shape index (κ2) is 7.37. The molecule has 0 amide bonds. The summed E-state index contributed by atoms with van der Waals surface area (Å²) in [5.74, 6) is 0. The number of ether oxygens (including phenoxy) is 1. The maximum absolute atomic E-state index is 6.08. The Labute approximate surface area is 104 Å². The van der Waals surface area contributed by atoms with Gasteiger partial charge in [0.2, 0.25) is 0 Å². The predicted octanol–water partition coefficient (Wildman–Crippen LogP) is 1.44. The third-order valence-corrected chi connectivity index (χ3v) is 2.88. The van der Waals surface area contributed by atoms with E-state index in [1.165, 1.54) is 5.56 Å². The van der Waals surface area contributed by atoms with Gasteiger partial charge in [0.05, 0.1) is 0 Å². The van der Waals surface area contributed by atoms with Crippen LogP contribution in [0.4, 0.5) is 0 Å². The van der Waals surface area contributed by atoms with Crippen LogP contribution in [0.5, 0.6) is 0 Å². The lowest BCUT2D eigenvalue weighted by atomic mass is 10.0. The van der Waals surface area contributed by atoms with Crippen LogP contribution in [0.15, 0.2) is 24.5 Å². The van der Waals surface area contributed by atoms with Gasteiger partial charge in [-0.15, -0.1) is 0 Å². The molecule has 0 radical (unpaired) electrons. The number of hydrogen-bond acceptors (Lipinski definition) is 4. The molecule has 0 fully saturated rings. The Morgan fingerprint density at radius 3 is 2.59 bits per heavy atom. The maximum Gasteiger partial charge on any atom is 0.0494 e. The van der Waals surface area contributed by atoms with Gasteiger partial charge in [0, 0.05) is 44.7 Å². The summed E-state index contributed by atoms with van der Waals surface area (Å²) in [7, 11) is 3.83. The lowest BCUT2D eigenvalue weighted by Gasteiger charge is -2.31. The summed E-state index contributed by atoms with van der Waals surface area (Å²) >= 11 is 0. The molecule has 0 aromatic carbocycles. The highest BCUT2D eigenvalue weighted by Gasteiger charge is 2.20. The van der Waals surface area contributed by atoms with Crippen molar-refractivity contribution in [2.45, 2.75) is 25.4 Å². The summed E-state index contributed by atoms with van der Waals surface area (Å²) < 4.78 is 5.07. The molecule has 4 heteroatoms. The molecule has 0 aliphatic carbocycles. The minimum absolute atomic E-state index is 0.0879. The molecule has 1 heterocycles. The first-order valence-corrected chi connectivity index (χ1v) is 6.01. The van der Waals surface area contributed by atoms with E-state index in [0.29, 0.717) is 0 Å². The topological polar surface area (TPSA) is 51.4 Å². The van der Waals surface area contributed by atoms with Crippen molar-refractivity contribution < 1.29 is 4.74 Å². The number of methoxy groups -OCH3 is 1. The van der Waals surface area contributed by atoms with E-state index >= 15 is 0 Å². The molecular formula is C13H23N3O. The largest absolute Gasteiger partial charge is 0.385 e. The van der Waals surface area contributed by atoms with Crippen molar-refractivity contribution in [1.82, 2.24) is 9.88 Å². The van der Waals surface area contributed by atoms with Crippen LogP contribution in [-0.4, -0.2) is 43.2 Å². The molecule has 96 valence electrons. The first kappa shape index (κ1) is 14.1. The number of hydrogen-bond donors (Lipinski definition) is 1. The van der Waals surface area contributed by atoms with E-state index in [1.807, 2.05) is 31.5 Å². The molecule has 0 saturated carbocycles. The predicted molar refractivity (Wildman–Crippen MR) is 69.8 cm³/mol. The fourth-order valence-electron chi connectivity index (χ4n) is 2.12. The first-order chi connectivity index (χ1) is 8.16. The highest BCUT2D eigenvalue weighted by atomic mass is 16.5. The van der Waals surface area contributed by atoms with E-state index in [9.17, 15) is 0 Å². The molecule has 1 rings (SSSR count). The van der Waals surface area contributed by atoms with Gasteiger partial charge in [-0.25, -0.2) is 0 Å². The molecule has 1 aromatic heterocycles. The zero-order chi connectivity index (χ0) is 12.7. The van der Waals surface area contributed by atoms with Crippen LogP contribution in [-0.2, 0) is 4.74 Å². The van der Waals surface area contributed by atoms with E-state index in [1.54, 1.807) is 7.11 Å². The van der Waals surface area contributed by atoms with Crippen LogP contribution in [0.3, 0.4) is 0 Å². The Morgan fingerprint density at radius 2 is 2.06 bits per heavy atom. The number of rotatable bonds is 7. The monoisotopic (exact) mass is 237 g/mol. The van der Waals surface area contributed by atoms with E-state index in [-0.39, 0.29) is 12.1 Å². The molecule has 0 aliphatic rings. The Bertz CT molecular complexity index is 303. The van der Waals surface area contributed by atoms with E-state index < -0.39 is 0 Å². The van der Waals surface area contributed by atoms with E-state index in [2.05, 4.69) is 16.9 Å². The molecule has 0 aliphatic heterocycles. The van der Waals surface area contributed by atoms with Gasteiger partial charge in [-0.3, -0.25) is 9.88 Å². The van der Waals surface area contributed by atoms with Crippen LogP contribution < -0.4 is 5.73 Å². The van der Waals surface area contributed by atoms with Gasteiger partial charge in [-0.1, -0.05) is 0 Å². The lowest BCUT2D eigenvalue weighted by molar-refractivity contribution is 0.158. The molecule has 2 unspecified atom stereocenters. The third kappa shape index (κ3) is 4.42. The van der Waals surface area contributed by atoms with Crippen LogP contribution >= 0.6 is 0 Å². The van der Waals surface area contributed by atoms with E-state index in [0.717, 1.165) is 19.6 Å². The Morgan fingerprint density at radius 1 is 1.41 bits per heavy atom. The Kier molecular flexibility index (Phi) is 6.11. The number of nitrogens with two attached hydrogens (primary N) is 1. The zero-order valence-electron chi connectivity index (χ0n) is 11.0. The van der Waals surface area contributed by atoms with Gasteiger partial charge in [0.1, 0.15) is 0 Å². The van der Waals surface area contributed by atoms with Gasteiger partial charge in [0.15, 0.2) is 0 Å². The van der Waals surface area contributed by atoms with Crippen LogP contribution in [0.2, 0.25) is 0 Å². The molecule has 2 atom stereocenters. The summed E-state index contributed by atoms with van der Waals surface area (Å²) in [4.78, 5) is 6.32. The standard InChI is InChI=1S/C13H23N3O/c1-11(14)13(12-5-7-15-8-6-12)16(2)9-4-10-17-3/h5-8,11,13H,4,9-10,14H2,1-3H3. The van der Waals surface area contributed by atoms with Crippen LogP contribution in [0.25, 0.3) is 0 Å². The molecule has 4 nitrogen and oxygen atoms in total. The summed E-state index contributed by atoms with van der Waals surface area (Å²) in [6.07, 6.45) is 4.64. The zero-order valence-corrected chi connectivity index (χ0v) is 11.0. The second-order valence-corrected chi connectivity index (χ2v) is 4.41. The van der Waals surface area contributed by atoms with Gasteiger partial charge >= 0.3 is 0 Å². The van der Waals surface area contributed by atoms with Crippen molar-refractivity contribution in [3.63, 3.8) is 0 Å². The fourth-order valence-corrected chi connectivity index (χ4v) is 2.12. The molecular weight excluding hydrogens is 214 g/mol. The van der Waals surface area contributed by atoms with Crippen molar-refractivity contribution in [3.05, 3.63) is 30.1 Å². The van der Waals surface area contributed by atoms with Gasteiger partial charge < -0.3 is 10.5 Å². The number of likely N-dealkylation sites (N-methyl/N-ethyl adjacent to an activating group) is 1. The highest BCUT2D eigenvalue weighted by molar-refractivity contribution is 5.16. The molecule has 0 bridgehead atoms. The summed E-state index contributed by atoms with van der Waals surface area (Å²) in [5, 5.41) is 0. The summed E-state index contributed by atoms with van der Waals surface area (Å²) in [6.45, 7) is 3.80. The van der Waals surface area contributed by atoms with Gasteiger partial charge in [-0.05, 0) is 38.1 Å². The Hall–Kier alpha value is -0.970. The molecule has 0 spiro atoms. The number of pyridine rings is 1. The van der Waals surface area contributed by atoms with Gasteiger partial charge in [0.25, 0.3) is 0 Å². The average molecular weight is 237 g/mol. The van der Waals surface area contributed by atoms with E-state index in [4.69, 9.17) is 10.5 Å². The smallest absolute Gasteiger partial charge is 0.0494 e. The minimum atomic E-state index is 0.0879. The van der Waals surface area contributed by atoms with Crippen molar-refractivity contribution in [2.75, 3.05) is 27.3 Å². The quantitative estimate of drug-likeness (QED) is 0.729. The SMILES string of the molecule is COCCCN(C)C(c1ccncc1)C(C)N. The van der Waals surface area contributed by atoms with Crippen LogP contribution in [0, 0.1) is 0 Å². The molecule has 0 saturated heterocycles. The fraction of sp³-hybridized carbons (Fsp3) is 0.615. The first-order valence-electron chi connectivity index (χ1n) is 6.01. The van der Waals surface area contributed by atoms with Gasteiger partial charge in [-0.2, -0.15) is 0 Å². The molecule has 1 aromatic rings. The lowest BCUT2D eigenvalue weighted by Crippen LogP contribution is -2.38. The number of nitrogens with zero attached hydrogens (tertiary/aromatic N) is 2. The van der Waals surface area contributed by atoms with Crippen LogP contribution in [0.1, 0.15) is 24.9 Å². The average Bonchev–Trinajstić information content (AvgIpc) is 2.30. The number of aromatic nitrogens is 1. The van der Waals surface area contributed by atoms with Crippen molar-refractivity contribution in [2.24, 2.45) is 5.73 Å². The maximum atomic E-state index is 6.08. The summed E-state index contributed by atoms with van der Waals surface area (Å²) in [5.41, 5.74) is 7.30. The highest BCUT2D eigenvalue weighted by Crippen LogP contribution is 2.21. The normalized spacial score (nSPS) is 14.9. The molecule has 17 heavy (non-hydrogen) atoms. The van der Waals surface area contributed by atoms with Crippen molar-refractivity contribution in [3.8, 4) is 0 Å². The second-order valence-electron chi connectivity index (χ2n) is 4.41. The Balaban J connectivity index is 2.66. The molecule has 2 N–H and O–H groups in total. The summed E-state index contributed by atoms with van der Waals surface area (Å²) in [6, 6.07) is 4.38.